The van der Waals surface area contributed by atoms with Crippen molar-refractivity contribution in [2.75, 3.05) is 26.4 Å². The lowest BCUT2D eigenvalue weighted by Gasteiger charge is -2.14. The average Bonchev–Trinajstić information content (AvgIpc) is 3.81. The summed E-state index contributed by atoms with van der Waals surface area (Å²) in [6.45, 7) is 8.83. The van der Waals surface area contributed by atoms with Crippen LogP contribution in [-0.4, -0.2) is 74.7 Å². The molecule has 2 fully saturated rings. The van der Waals surface area contributed by atoms with Crippen molar-refractivity contribution < 1.29 is 57.1 Å². The van der Waals surface area contributed by atoms with Gasteiger partial charge in [0.1, 0.15) is 0 Å². The molecule has 0 amide bonds. The summed E-state index contributed by atoms with van der Waals surface area (Å²) in [5.74, 6) is 3.56. The highest BCUT2D eigenvalue weighted by Crippen LogP contribution is 2.34. The molecule has 0 saturated carbocycles. The van der Waals surface area contributed by atoms with Crippen LogP contribution in [0.25, 0.3) is 0 Å². The molecule has 2 aromatic carbocycles. The number of hydrogen-bond donors (Lipinski definition) is 0. The van der Waals surface area contributed by atoms with Crippen LogP contribution in [0, 0.1) is 11.8 Å². The molecular weight excluding hydrogens is 672 g/mol. The smallest absolute Gasteiger partial charge is 0.338 e. The fraction of sp³-hybridized carbons (Fsp3) is 0.550. The van der Waals surface area contributed by atoms with E-state index >= 15 is 0 Å². The van der Waals surface area contributed by atoms with Gasteiger partial charge in [-0.1, -0.05) is 89.5 Å². The lowest BCUT2D eigenvalue weighted by Crippen LogP contribution is -2.39. The summed E-state index contributed by atoms with van der Waals surface area (Å²) >= 11 is 0. The van der Waals surface area contributed by atoms with Crippen molar-refractivity contribution >= 4 is 23.9 Å². The van der Waals surface area contributed by atoms with Crippen LogP contribution in [0.15, 0.2) is 48.5 Å². The Morgan fingerprint density at radius 3 is 0.942 bits per heavy atom. The number of ether oxygens (including phenoxy) is 8. The predicted molar refractivity (Wildman–Crippen MR) is 187 cm³/mol. The van der Waals surface area contributed by atoms with Crippen LogP contribution in [-0.2, 0) is 57.1 Å². The second-order valence-electron chi connectivity index (χ2n) is 12.5. The Bertz CT molecular complexity index is 1340. The summed E-state index contributed by atoms with van der Waals surface area (Å²) in [5.41, 5.74) is 2.60. The van der Waals surface area contributed by atoms with E-state index in [-0.39, 0.29) is 26.4 Å². The summed E-state index contributed by atoms with van der Waals surface area (Å²) in [5, 5.41) is 0. The standard InChI is InChI=1S/C40H50O12/c1-5-9-23-45-35(41)31-32(36(42)46-24-10-6-2)50-39(49-31)29-19-15-27(16-20-29)13-14-28-17-21-30(22-18-28)40-51-33(37(43)47-25-11-7-3)34(52-40)38(44)48-26-12-8-4/h15-22,31-34,39-40H,5-12,23-26H2,1-4H3/t31-,32-,33-,34-/m1/s1. The molecule has 0 bridgehead atoms. The molecule has 12 nitrogen and oxygen atoms in total. The average molecular weight is 723 g/mol. The van der Waals surface area contributed by atoms with E-state index in [0.29, 0.717) is 47.9 Å². The highest BCUT2D eigenvalue weighted by molar-refractivity contribution is 5.87. The Balaban J connectivity index is 1.39. The van der Waals surface area contributed by atoms with Crippen LogP contribution in [0.3, 0.4) is 0 Å². The normalized spacial score (nSPS) is 20.2. The molecule has 2 heterocycles. The van der Waals surface area contributed by atoms with Crippen LogP contribution in [0.4, 0.5) is 0 Å². The first-order valence-corrected chi connectivity index (χ1v) is 18.3. The maximum absolute atomic E-state index is 12.8. The van der Waals surface area contributed by atoms with Gasteiger partial charge in [0, 0.05) is 22.3 Å². The van der Waals surface area contributed by atoms with Gasteiger partial charge < -0.3 is 37.9 Å². The van der Waals surface area contributed by atoms with Gasteiger partial charge in [0.05, 0.1) is 26.4 Å². The van der Waals surface area contributed by atoms with Crippen molar-refractivity contribution in [3.63, 3.8) is 0 Å². The van der Waals surface area contributed by atoms with Crippen LogP contribution in [0.5, 0.6) is 0 Å². The zero-order chi connectivity index (χ0) is 37.3. The van der Waals surface area contributed by atoms with Gasteiger partial charge in [0.2, 0.25) is 0 Å². The highest BCUT2D eigenvalue weighted by atomic mass is 16.8. The fourth-order valence-electron chi connectivity index (χ4n) is 5.10. The van der Waals surface area contributed by atoms with Crippen LogP contribution in [0.1, 0.15) is 114 Å². The maximum Gasteiger partial charge on any atom is 0.338 e. The topological polar surface area (TPSA) is 142 Å². The fourth-order valence-corrected chi connectivity index (χ4v) is 5.10. The van der Waals surface area contributed by atoms with Crippen LogP contribution < -0.4 is 0 Å². The SMILES string of the molecule is CCCCOC(=O)[C@@H]1OC(c2ccc(C#Cc3ccc(C4O[C@@H](C(=O)OCCCC)[C@H](C(=O)OCCCC)O4)cc3)cc2)O[C@H]1C(=O)OCCCC. The molecule has 52 heavy (non-hydrogen) atoms. The summed E-state index contributed by atoms with van der Waals surface area (Å²) in [6, 6.07) is 14.1. The predicted octanol–water partition coefficient (Wildman–Crippen LogP) is 6.02. The zero-order valence-corrected chi connectivity index (χ0v) is 30.5. The molecular formula is C40H50O12. The molecule has 0 unspecified atom stereocenters. The van der Waals surface area contributed by atoms with E-state index < -0.39 is 60.9 Å². The summed E-state index contributed by atoms with van der Waals surface area (Å²) in [6.07, 6.45) is -0.735. The molecule has 2 aliphatic heterocycles. The largest absolute Gasteiger partial charge is 0.464 e. The minimum atomic E-state index is -1.24. The molecule has 0 radical (unpaired) electrons. The Labute approximate surface area is 305 Å². The van der Waals surface area contributed by atoms with E-state index in [1.807, 2.05) is 27.7 Å². The number of unbranched alkanes of at least 4 members (excludes halogenated alkanes) is 4. The van der Waals surface area contributed by atoms with Gasteiger partial charge in [0.15, 0.2) is 37.0 Å². The van der Waals surface area contributed by atoms with E-state index in [0.717, 1.165) is 25.7 Å². The van der Waals surface area contributed by atoms with Gasteiger partial charge in [-0.2, -0.15) is 0 Å². The summed E-state index contributed by atoms with van der Waals surface area (Å²) < 4.78 is 44.8. The molecule has 0 aliphatic carbocycles. The number of rotatable bonds is 18. The van der Waals surface area contributed by atoms with Crippen LogP contribution >= 0.6 is 0 Å². The second-order valence-corrected chi connectivity index (χ2v) is 12.5. The van der Waals surface area contributed by atoms with Gasteiger partial charge in [-0.3, -0.25) is 0 Å². The minimum absolute atomic E-state index is 0.224. The van der Waals surface area contributed by atoms with Gasteiger partial charge in [-0.25, -0.2) is 19.2 Å². The molecule has 4 rings (SSSR count). The van der Waals surface area contributed by atoms with Crippen molar-refractivity contribution in [3.05, 3.63) is 70.8 Å². The molecule has 0 aromatic heterocycles. The van der Waals surface area contributed by atoms with E-state index in [1.54, 1.807) is 48.5 Å². The van der Waals surface area contributed by atoms with Crippen molar-refractivity contribution in [1.29, 1.82) is 0 Å². The number of esters is 4. The number of carbonyl (C=O) groups is 4. The van der Waals surface area contributed by atoms with Crippen molar-refractivity contribution in [3.8, 4) is 11.8 Å². The first kappa shape index (κ1) is 40.5. The highest BCUT2D eigenvalue weighted by Gasteiger charge is 2.49. The second kappa shape index (κ2) is 21.3. The van der Waals surface area contributed by atoms with Crippen molar-refractivity contribution in [1.82, 2.24) is 0 Å². The molecule has 12 heteroatoms. The minimum Gasteiger partial charge on any atom is -0.464 e. The molecule has 0 spiro atoms. The Hall–Kier alpha value is -4.28. The number of hydrogen-bond acceptors (Lipinski definition) is 12. The maximum atomic E-state index is 12.8. The number of carbonyl (C=O) groups excluding carboxylic acids is 4. The monoisotopic (exact) mass is 722 g/mol. The Kier molecular flexibility index (Phi) is 16.6. The lowest BCUT2D eigenvalue weighted by molar-refractivity contribution is -0.163. The first-order valence-electron chi connectivity index (χ1n) is 18.3. The van der Waals surface area contributed by atoms with Gasteiger partial charge in [-0.15, -0.1) is 0 Å². The van der Waals surface area contributed by atoms with E-state index in [2.05, 4.69) is 11.8 Å². The van der Waals surface area contributed by atoms with E-state index in [4.69, 9.17) is 37.9 Å². The van der Waals surface area contributed by atoms with Gasteiger partial charge >= 0.3 is 23.9 Å². The van der Waals surface area contributed by atoms with Crippen LogP contribution in [0.2, 0.25) is 0 Å². The number of benzene rings is 2. The Morgan fingerprint density at radius 2 is 0.712 bits per heavy atom. The van der Waals surface area contributed by atoms with Crippen molar-refractivity contribution in [2.24, 2.45) is 0 Å². The van der Waals surface area contributed by atoms with Crippen molar-refractivity contribution in [2.45, 2.75) is 116 Å². The Morgan fingerprint density at radius 1 is 0.462 bits per heavy atom. The third-order valence-corrected chi connectivity index (χ3v) is 8.25. The van der Waals surface area contributed by atoms with Gasteiger partial charge in [-0.05, 0) is 49.9 Å². The van der Waals surface area contributed by atoms with E-state index in [1.165, 1.54) is 0 Å². The molecule has 2 aromatic rings. The van der Waals surface area contributed by atoms with Gasteiger partial charge in [0.25, 0.3) is 0 Å². The zero-order valence-electron chi connectivity index (χ0n) is 30.5. The summed E-state index contributed by atoms with van der Waals surface area (Å²) in [7, 11) is 0. The molecule has 2 saturated heterocycles. The molecule has 2 aliphatic rings. The first-order chi connectivity index (χ1) is 25.3. The lowest BCUT2D eigenvalue weighted by atomic mass is 10.1. The molecule has 282 valence electrons. The quantitative estimate of drug-likeness (QED) is 0.0768. The summed E-state index contributed by atoms with van der Waals surface area (Å²) in [4.78, 5) is 51.1. The third kappa shape index (κ3) is 11.6. The molecule has 4 atom stereocenters. The van der Waals surface area contributed by atoms with E-state index in [9.17, 15) is 19.2 Å². The molecule has 0 N–H and O–H groups in total. The third-order valence-electron chi connectivity index (χ3n) is 8.25.